The Kier molecular flexibility index (Phi) is 3.29. The number of amides is 1. The van der Waals surface area contributed by atoms with Crippen LogP contribution in [0, 0.1) is 0 Å². The molecule has 0 radical (unpaired) electrons. The monoisotopic (exact) mass is 237 g/mol. The summed E-state index contributed by atoms with van der Waals surface area (Å²) in [5.74, 6) is 0. The summed E-state index contributed by atoms with van der Waals surface area (Å²) in [5, 5.41) is 2.08. The molecule has 0 fully saturated rings. The first-order chi connectivity index (χ1) is 7.72. The molecule has 0 bridgehead atoms. The van der Waals surface area contributed by atoms with Crippen LogP contribution >= 0.6 is 11.3 Å². The summed E-state index contributed by atoms with van der Waals surface area (Å²) >= 11 is 1.70. The van der Waals surface area contributed by atoms with Crippen molar-refractivity contribution in [3.05, 3.63) is 28.5 Å². The molecule has 0 aromatic carbocycles. The van der Waals surface area contributed by atoms with E-state index in [4.69, 9.17) is 4.74 Å². The highest BCUT2D eigenvalue weighted by Gasteiger charge is 2.21. The van der Waals surface area contributed by atoms with Gasteiger partial charge in [0, 0.05) is 18.0 Å². The second-order valence-corrected chi connectivity index (χ2v) is 4.67. The van der Waals surface area contributed by atoms with E-state index in [2.05, 4.69) is 18.0 Å². The topological polar surface area (TPSA) is 29.5 Å². The number of hydrogen-bond acceptors (Lipinski definition) is 3. The van der Waals surface area contributed by atoms with Gasteiger partial charge in [-0.15, -0.1) is 11.3 Å². The van der Waals surface area contributed by atoms with E-state index >= 15 is 0 Å². The fraction of sp³-hybridized carbons (Fsp3) is 0.417. The van der Waals surface area contributed by atoms with Gasteiger partial charge in [0.1, 0.15) is 0 Å². The fourth-order valence-corrected chi connectivity index (χ4v) is 2.77. The van der Waals surface area contributed by atoms with Gasteiger partial charge >= 0.3 is 6.09 Å². The van der Waals surface area contributed by atoms with E-state index in [0.29, 0.717) is 19.7 Å². The number of carbonyl (C=O) groups excluding carboxylic acids is 1. The Morgan fingerprint density at radius 1 is 1.69 bits per heavy atom. The summed E-state index contributed by atoms with van der Waals surface area (Å²) in [5.41, 5.74) is 2.30. The number of ether oxygens (including phenoxy) is 1. The number of hydrogen-bond donors (Lipinski definition) is 0. The summed E-state index contributed by atoms with van der Waals surface area (Å²) in [6.07, 6.45) is 0.648. The molecule has 16 heavy (non-hydrogen) atoms. The third kappa shape index (κ3) is 2.11. The van der Waals surface area contributed by atoms with Gasteiger partial charge in [0.25, 0.3) is 0 Å². The zero-order chi connectivity index (χ0) is 11.5. The zero-order valence-corrected chi connectivity index (χ0v) is 10.2. The van der Waals surface area contributed by atoms with Gasteiger partial charge in [0.05, 0.1) is 6.61 Å². The Morgan fingerprint density at radius 3 is 3.25 bits per heavy atom. The van der Waals surface area contributed by atoms with Crippen molar-refractivity contribution in [2.75, 3.05) is 19.7 Å². The number of thiophene rings is 1. The minimum Gasteiger partial charge on any atom is -0.450 e. The van der Waals surface area contributed by atoms with Gasteiger partial charge in [0.15, 0.2) is 0 Å². The van der Waals surface area contributed by atoms with Crippen molar-refractivity contribution in [2.45, 2.75) is 13.3 Å². The van der Waals surface area contributed by atoms with Crippen LogP contribution in [0.5, 0.6) is 0 Å². The van der Waals surface area contributed by atoms with Crippen LogP contribution in [0.25, 0.3) is 5.57 Å². The predicted octanol–water partition coefficient (Wildman–Crippen LogP) is 2.78. The van der Waals surface area contributed by atoms with Gasteiger partial charge in [-0.25, -0.2) is 4.79 Å². The van der Waals surface area contributed by atoms with Crippen molar-refractivity contribution in [1.29, 1.82) is 0 Å². The van der Waals surface area contributed by atoms with Crippen molar-refractivity contribution >= 4 is 23.0 Å². The maximum absolute atomic E-state index is 11.6. The van der Waals surface area contributed by atoms with E-state index < -0.39 is 0 Å². The van der Waals surface area contributed by atoms with E-state index in [1.165, 1.54) is 10.4 Å². The summed E-state index contributed by atoms with van der Waals surface area (Å²) in [4.78, 5) is 14.6. The molecule has 2 rings (SSSR count). The highest BCUT2D eigenvalue weighted by Crippen LogP contribution is 2.28. The quantitative estimate of drug-likeness (QED) is 0.751. The van der Waals surface area contributed by atoms with Crippen molar-refractivity contribution in [2.24, 2.45) is 0 Å². The molecule has 1 aliphatic heterocycles. The molecule has 86 valence electrons. The molecule has 1 aromatic heterocycles. The second-order valence-electron chi connectivity index (χ2n) is 3.75. The van der Waals surface area contributed by atoms with Crippen LogP contribution in [0.1, 0.15) is 17.4 Å². The van der Waals surface area contributed by atoms with Crippen LogP contribution in [0.3, 0.4) is 0 Å². The van der Waals surface area contributed by atoms with Crippen LogP contribution in [0.15, 0.2) is 18.0 Å². The molecule has 0 N–H and O–H groups in total. The summed E-state index contributed by atoms with van der Waals surface area (Å²) in [6, 6.07) is 2.11. The van der Waals surface area contributed by atoms with Crippen LogP contribution in [-0.2, 0) is 11.2 Å². The van der Waals surface area contributed by atoms with E-state index in [1.54, 1.807) is 16.2 Å². The highest BCUT2D eigenvalue weighted by molar-refractivity contribution is 7.11. The minimum atomic E-state index is -0.237. The van der Waals surface area contributed by atoms with E-state index in [9.17, 15) is 4.79 Å². The molecule has 0 atom stereocenters. The molecule has 1 aliphatic rings. The molecule has 0 unspecified atom stereocenters. The lowest BCUT2D eigenvalue weighted by Gasteiger charge is -2.19. The fourth-order valence-electron chi connectivity index (χ4n) is 1.85. The van der Waals surface area contributed by atoms with Crippen molar-refractivity contribution < 1.29 is 9.53 Å². The number of rotatable bonds is 1. The van der Waals surface area contributed by atoms with Crippen LogP contribution in [0.2, 0.25) is 0 Å². The Balaban J connectivity index is 2.12. The number of carbonyl (C=O) groups is 1. The first kappa shape index (κ1) is 11.2. The average molecular weight is 237 g/mol. The molecular weight excluding hydrogens is 222 g/mol. The predicted molar refractivity (Wildman–Crippen MR) is 65.7 cm³/mol. The molecule has 4 heteroatoms. The molecule has 0 saturated heterocycles. The zero-order valence-electron chi connectivity index (χ0n) is 9.36. The Bertz CT molecular complexity index is 411. The Labute approximate surface area is 99.3 Å². The van der Waals surface area contributed by atoms with Crippen molar-refractivity contribution in [3.8, 4) is 0 Å². The molecule has 1 amide bonds. The summed E-state index contributed by atoms with van der Waals surface area (Å²) in [7, 11) is 0. The van der Waals surface area contributed by atoms with Gasteiger partial charge < -0.3 is 9.64 Å². The lowest BCUT2D eigenvalue weighted by molar-refractivity contribution is 0.113. The van der Waals surface area contributed by atoms with Crippen LogP contribution in [0.4, 0.5) is 4.79 Å². The summed E-state index contributed by atoms with van der Waals surface area (Å²) < 4.78 is 5.01. The highest BCUT2D eigenvalue weighted by atomic mass is 32.1. The average Bonchev–Trinajstić information content (AvgIpc) is 2.66. The molecular formula is C12H15NO2S. The third-order valence-electron chi connectivity index (χ3n) is 2.63. The lowest BCUT2D eigenvalue weighted by Crippen LogP contribution is -2.33. The first-order valence-electron chi connectivity index (χ1n) is 5.38. The van der Waals surface area contributed by atoms with Gasteiger partial charge in [-0.1, -0.05) is 6.58 Å². The summed E-state index contributed by atoms with van der Waals surface area (Å²) in [6.45, 7) is 7.57. The molecule has 2 heterocycles. The van der Waals surface area contributed by atoms with Crippen molar-refractivity contribution in [1.82, 2.24) is 4.90 Å². The van der Waals surface area contributed by atoms with E-state index in [-0.39, 0.29) is 6.09 Å². The van der Waals surface area contributed by atoms with Gasteiger partial charge in [-0.3, -0.25) is 0 Å². The minimum absolute atomic E-state index is 0.237. The molecule has 1 aromatic rings. The van der Waals surface area contributed by atoms with E-state index in [1.807, 2.05) is 6.92 Å². The van der Waals surface area contributed by atoms with Gasteiger partial charge in [-0.2, -0.15) is 0 Å². The molecule has 0 spiro atoms. The SMILES string of the molecule is C=C1CN(C(=O)OCC)CCc2ccsc21. The maximum Gasteiger partial charge on any atom is 0.410 e. The Hall–Kier alpha value is -1.29. The third-order valence-corrected chi connectivity index (χ3v) is 3.69. The molecule has 0 saturated carbocycles. The van der Waals surface area contributed by atoms with E-state index in [0.717, 1.165) is 12.0 Å². The Morgan fingerprint density at radius 2 is 2.50 bits per heavy atom. The van der Waals surface area contributed by atoms with Crippen LogP contribution in [-0.4, -0.2) is 30.7 Å². The normalized spacial score (nSPS) is 15.6. The number of nitrogens with zero attached hydrogens (tertiary/aromatic N) is 1. The smallest absolute Gasteiger partial charge is 0.410 e. The molecule has 3 nitrogen and oxygen atoms in total. The van der Waals surface area contributed by atoms with Crippen LogP contribution < -0.4 is 0 Å². The van der Waals surface area contributed by atoms with Gasteiger partial charge in [-0.05, 0) is 35.9 Å². The maximum atomic E-state index is 11.6. The second kappa shape index (κ2) is 4.70. The first-order valence-corrected chi connectivity index (χ1v) is 6.26. The largest absolute Gasteiger partial charge is 0.450 e. The molecule has 0 aliphatic carbocycles. The number of fused-ring (bicyclic) bond motifs is 1. The van der Waals surface area contributed by atoms with Gasteiger partial charge in [0.2, 0.25) is 0 Å². The van der Waals surface area contributed by atoms with Crippen molar-refractivity contribution in [3.63, 3.8) is 0 Å². The lowest BCUT2D eigenvalue weighted by atomic mass is 10.1. The standard InChI is InChI=1S/C12H15NO2S/c1-3-15-12(14)13-6-4-10-5-7-16-11(10)9(2)8-13/h5,7H,2-4,6,8H2,1H3.